The van der Waals surface area contributed by atoms with Gasteiger partial charge in [0, 0.05) is 0 Å². The summed E-state index contributed by atoms with van der Waals surface area (Å²) in [7, 11) is 0. The van der Waals surface area contributed by atoms with Crippen molar-refractivity contribution in [2.45, 2.75) is 25.4 Å². The van der Waals surface area contributed by atoms with Gasteiger partial charge in [-0.2, -0.15) is 26.3 Å². The first-order valence-electron chi connectivity index (χ1n) is 11.0. The molecule has 0 fully saturated rings. The number of rotatable bonds is 4. The molecule has 0 aliphatic rings. The monoisotopic (exact) mass is 532 g/mol. The zero-order valence-corrected chi connectivity index (χ0v) is 19.0. The van der Waals surface area contributed by atoms with Gasteiger partial charge in [-0.15, -0.1) is 0 Å². The van der Waals surface area contributed by atoms with Crippen LogP contribution in [0.5, 0.6) is 0 Å². The van der Waals surface area contributed by atoms with Gasteiger partial charge in [-0.25, -0.2) is 0 Å². The van der Waals surface area contributed by atoms with Crippen molar-refractivity contribution in [2.75, 3.05) is 0 Å². The fraction of sp³-hybridized carbons (Fsp3) is 0.154. The quantitative estimate of drug-likeness (QED) is 0.328. The van der Waals surface area contributed by atoms with Gasteiger partial charge < -0.3 is 0 Å². The predicted molar refractivity (Wildman–Crippen MR) is 126 cm³/mol. The standard InChI is InChI=1S/C26H14F6N2O4/c27-25(28,29)15-5-1-13(2-6-15)11-33-21(35)17-9-19-20(10-18(17)22(33)36)24(38)34(23(19)37)12-14-3-7-16(8-4-14)26(30,31)32/h1-10H,11-12H2. The molecule has 12 heteroatoms. The van der Waals surface area contributed by atoms with Crippen molar-refractivity contribution in [2.24, 2.45) is 0 Å². The average Bonchev–Trinajstić information content (AvgIpc) is 3.22. The number of benzene rings is 3. The van der Waals surface area contributed by atoms with Crippen LogP contribution in [0.25, 0.3) is 21.5 Å². The highest BCUT2D eigenvalue weighted by atomic mass is 19.4. The van der Waals surface area contributed by atoms with E-state index in [0.717, 1.165) is 69.8 Å². The second-order valence-electron chi connectivity index (χ2n) is 8.73. The summed E-state index contributed by atoms with van der Waals surface area (Å²) in [6.07, 6.45) is -9.10. The summed E-state index contributed by atoms with van der Waals surface area (Å²) in [4.78, 5) is 51.7. The molecule has 2 aromatic heterocycles. The lowest BCUT2D eigenvalue weighted by Crippen LogP contribution is -2.26. The largest absolute Gasteiger partial charge is 0.416 e. The fourth-order valence-corrected chi connectivity index (χ4v) is 4.32. The van der Waals surface area contributed by atoms with Crippen LogP contribution in [-0.2, 0) is 25.4 Å². The first kappa shape index (κ1) is 25.2. The minimum absolute atomic E-state index is 0.141. The van der Waals surface area contributed by atoms with Crippen molar-refractivity contribution < 1.29 is 26.3 Å². The third-order valence-electron chi connectivity index (χ3n) is 6.30. The number of aromatic nitrogens is 2. The molecule has 5 rings (SSSR count). The van der Waals surface area contributed by atoms with Crippen LogP contribution < -0.4 is 22.2 Å². The van der Waals surface area contributed by atoms with E-state index >= 15 is 0 Å². The first-order valence-corrected chi connectivity index (χ1v) is 11.0. The van der Waals surface area contributed by atoms with E-state index in [9.17, 15) is 45.5 Å². The normalized spacial score (nSPS) is 12.6. The summed E-state index contributed by atoms with van der Waals surface area (Å²) < 4.78 is 78.4. The molecule has 0 radical (unpaired) electrons. The Hall–Kier alpha value is -4.48. The smallest absolute Gasteiger partial charge is 0.270 e. The predicted octanol–water partition coefficient (Wildman–Crippen LogP) is 4.05. The lowest BCUT2D eigenvalue weighted by atomic mass is 10.1. The van der Waals surface area contributed by atoms with Gasteiger partial charge in [-0.1, -0.05) is 24.3 Å². The highest BCUT2D eigenvalue weighted by Crippen LogP contribution is 2.30. The topological polar surface area (TPSA) is 78.1 Å². The zero-order valence-electron chi connectivity index (χ0n) is 19.0. The first-order chi connectivity index (χ1) is 17.8. The number of halogens is 6. The Bertz CT molecular complexity index is 1690. The zero-order chi connectivity index (χ0) is 27.6. The molecule has 0 bridgehead atoms. The Balaban J connectivity index is 1.53. The highest BCUT2D eigenvalue weighted by molar-refractivity contribution is 5.97. The molecule has 0 unspecified atom stereocenters. The molecule has 0 aliphatic carbocycles. The number of hydrogen-bond acceptors (Lipinski definition) is 4. The Kier molecular flexibility index (Phi) is 5.66. The van der Waals surface area contributed by atoms with Gasteiger partial charge in [0.15, 0.2) is 0 Å². The van der Waals surface area contributed by atoms with Gasteiger partial charge in [0.25, 0.3) is 22.2 Å². The van der Waals surface area contributed by atoms with E-state index in [1.807, 2.05) is 0 Å². The molecule has 38 heavy (non-hydrogen) atoms. The molecule has 6 nitrogen and oxygen atoms in total. The van der Waals surface area contributed by atoms with E-state index in [0.29, 0.717) is 0 Å². The lowest BCUT2D eigenvalue weighted by molar-refractivity contribution is -0.138. The second-order valence-corrected chi connectivity index (χ2v) is 8.73. The summed E-state index contributed by atoms with van der Waals surface area (Å²) in [5, 5.41) is -0.562. The van der Waals surface area contributed by atoms with E-state index < -0.39 is 45.7 Å². The Morgan fingerprint density at radius 2 is 0.737 bits per heavy atom. The fourth-order valence-electron chi connectivity index (χ4n) is 4.32. The number of hydrogen-bond donors (Lipinski definition) is 0. The van der Waals surface area contributed by atoms with Crippen LogP contribution in [0.2, 0.25) is 0 Å². The van der Waals surface area contributed by atoms with E-state index in [4.69, 9.17) is 0 Å². The summed E-state index contributed by atoms with van der Waals surface area (Å²) in [6, 6.07) is 10.1. The molecular formula is C26H14F6N2O4. The molecule has 0 atom stereocenters. The van der Waals surface area contributed by atoms with Crippen molar-refractivity contribution in [3.63, 3.8) is 0 Å². The van der Waals surface area contributed by atoms with E-state index in [2.05, 4.69) is 0 Å². The molecule has 0 spiro atoms. The Morgan fingerprint density at radius 1 is 0.474 bits per heavy atom. The second kappa shape index (κ2) is 8.54. The van der Waals surface area contributed by atoms with Crippen LogP contribution in [-0.4, -0.2) is 9.13 Å². The SMILES string of the molecule is O=c1c2cc3c(=O)n(Cc4ccc(C(F)(F)F)cc4)c(=O)c3cc2c(=O)n1Cc1ccc(C(F)(F)F)cc1. The van der Waals surface area contributed by atoms with E-state index in [1.54, 1.807) is 0 Å². The van der Waals surface area contributed by atoms with Crippen molar-refractivity contribution in [1.82, 2.24) is 9.13 Å². The van der Waals surface area contributed by atoms with Crippen molar-refractivity contribution in [3.8, 4) is 0 Å². The van der Waals surface area contributed by atoms with Crippen molar-refractivity contribution in [1.29, 1.82) is 0 Å². The van der Waals surface area contributed by atoms with Crippen LogP contribution in [0, 0.1) is 0 Å². The molecule has 0 saturated carbocycles. The molecule has 5 aromatic rings. The van der Waals surface area contributed by atoms with Crippen LogP contribution in [0.15, 0.2) is 79.8 Å². The third kappa shape index (κ3) is 4.21. The summed E-state index contributed by atoms with van der Waals surface area (Å²) >= 11 is 0. The van der Waals surface area contributed by atoms with Gasteiger partial charge in [0.1, 0.15) is 0 Å². The molecule has 2 heterocycles. The minimum Gasteiger partial charge on any atom is -0.270 e. The maximum atomic E-state index is 12.9. The van der Waals surface area contributed by atoms with Crippen molar-refractivity contribution in [3.05, 3.63) is 124 Å². The lowest BCUT2D eigenvalue weighted by Gasteiger charge is -2.07. The maximum Gasteiger partial charge on any atom is 0.416 e. The van der Waals surface area contributed by atoms with Crippen LogP contribution in [0.1, 0.15) is 22.3 Å². The molecule has 0 amide bonds. The van der Waals surface area contributed by atoms with E-state index in [-0.39, 0.29) is 45.8 Å². The summed E-state index contributed by atoms with van der Waals surface area (Å²) in [5.41, 5.74) is -4.40. The molecular weight excluding hydrogens is 518 g/mol. The Labute approximate surface area is 207 Å². The average molecular weight is 532 g/mol. The van der Waals surface area contributed by atoms with Crippen LogP contribution in [0.4, 0.5) is 26.3 Å². The molecule has 0 N–H and O–H groups in total. The van der Waals surface area contributed by atoms with Crippen LogP contribution in [0.3, 0.4) is 0 Å². The number of fused-ring (bicyclic) bond motifs is 2. The van der Waals surface area contributed by atoms with Crippen molar-refractivity contribution >= 4 is 21.5 Å². The third-order valence-corrected chi connectivity index (χ3v) is 6.30. The van der Waals surface area contributed by atoms with Gasteiger partial charge in [-0.05, 0) is 47.5 Å². The number of alkyl halides is 6. The summed E-state index contributed by atoms with van der Waals surface area (Å²) in [6.45, 7) is -0.645. The number of nitrogens with zero attached hydrogens (tertiary/aromatic N) is 2. The molecule has 0 saturated heterocycles. The van der Waals surface area contributed by atoms with Gasteiger partial charge >= 0.3 is 12.4 Å². The Morgan fingerprint density at radius 3 is 0.974 bits per heavy atom. The summed E-state index contributed by atoms with van der Waals surface area (Å²) in [5.74, 6) is 0. The maximum absolute atomic E-state index is 12.9. The highest BCUT2D eigenvalue weighted by Gasteiger charge is 2.31. The minimum atomic E-state index is -4.55. The van der Waals surface area contributed by atoms with Gasteiger partial charge in [-0.3, -0.25) is 28.3 Å². The molecule has 3 aromatic carbocycles. The molecule has 194 valence electrons. The van der Waals surface area contributed by atoms with Gasteiger partial charge in [0.2, 0.25) is 0 Å². The molecule has 0 aliphatic heterocycles. The van der Waals surface area contributed by atoms with E-state index in [1.165, 1.54) is 0 Å². The van der Waals surface area contributed by atoms with Gasteiger partial charge in [0.05, 0.1) is 45.8 Å². The van der Waals surface area contributed by atoms with Crippen LogP contribution >= 0.6 is 0 Å².